The molecule has 4 heteroatoms. The molecule has 0 aromatic heterocycles. The fourth-order valence-corrected chi connectivity index (χ4v) is 2.75. The summed E-state index contributed by atoms with van der Waals surface area (Å²) in [5.74, 6) is 0.485. The van der Waals surface area contributed by atoms with Gasteiger partial charge >= 0.3 is 6.16 Å². The second-order valence-corrected chi connectivity index (χ2v) is 5.31. The van der Waals surface area contributed by atoms with Gasteiger partial charge in [-0.25, -0.2) is 4.79 Å². The summed E-state index contributed by atoms with van der Waals surface area (Å²) in [6.07, 6.45) is 1.08. The Morgan fingerprint density at radius 3 is 2.64 bits per heavy atom. The van der Waals surface area contributed by atoms with E-state index in [9.17, 15) is 4.79 Å². The van der Waals surface area contributed by atoms with Crippen molar-refractivity contribution in [1.29, 1.82) is 0 Å². The zero-order chi connectivity index (χ0) is 15.4. The highest BCUT2D eigenvalue weighted by Gasteiger charge is 2.24. The fourth-order valence-electron chi connectivity index (χ4n) is 2.75. The highest BCUT2D eigenvalue weighted by Crippen LogP contribution is 2.28. The van der Waals surface area contributed by atoms with Gasteiger partial charge in [-0.05, 0) is 43.5 Å². The molecule has 1 heterocycles. The van der Waals surface area contributed by atoms with Crippen molar-refractivity contribution in [1.82, 2.24) is 0 Å². The van der Waals surface area contributed by atoms with Crippen molar-refractivity contribution in [3.8, 4) is 5.75 Å². The lowest BCUT2D eigenvalue weighted by atomic mass is 10.0. The van der Waals surface area contributed by atoms with Crippen LogP contribution in [0.15, 0.2) is 54.6 Å². The maximum Gasteiger partial charge on any atom is 0.515 e. The lowest BCUT2D eigenvalue weighted by molar-refractivity contribution is 0.0635. The number of rotatable bonds is 3. The van der Waals surface area contributed by atoms with Crippen LogP contribution in [0.4, 0.5) is 10.5 Å². The molecule has 2 aromatic carbocycles. The third kappa shape index (κ3) is 3.22. The van der Waals surface area contributed by atoms with E-state index in [1.807, 2.05) is 37.3 Å². The zero-order valence-corrected chi connectivity index (χ0v) is 12.6. The summed E-state index contributed by atoms with van der Waals surface area (Å²) < 4.78 is 10.6. The molecule has 1 atom stereocenters. The van der Waals surface area contributed by atoms with E-state index in [0.717, 1.165) is 25.1 Å². The van der Waals surface area contributed by atoms with Crippen LogP contribution in [0.25, 0.3) is 0 Å². The molecule has 3 rings (SSSR count). The molecule has 0 bridgehead atoms. The smallest absolute Gasteiger partial charge is 0.410 e. The molecule has 22 heavy (non-hydrogen) atoms. The van der Waals surface area contributed by atoms with Gasteiger partial charge in [0.05, 0.1) is 0 Å². The first-order valence-corrected chi connectivity index (χ1v) is 7.52. The van der Waals surface area contributed by atoms with E-state index in [4.69, 9.17) is 9.47 Å². The molecule has 0 aliphatic carbocycles. The number of carbonyl (C=O) groups excluding carboxylic acids is 1. The summed E-state index contributed by atoms with van der Waals surface area (Å²) in [5.41, 5.74) is 2.43. The number of hydrogen-bond acceptors (Lipinski definition) is 4. The molecule has 0 N–H and O–H groups in total. The van der Waals surface area contributed by atoms with E-state index in [2.05, 4.69) is 17.0 Å². The van der Waals surface area contributed by atoms with E-state index in [-0.39, 0.29) is 6.23 Å². The predicted molar refractivity (Wildman–Crippen MR) is 85.1 cm³/mol. The van der Waals surface area contributed by atoms with Gasteiger partial charge in [-0.2, -0.15) is 0 Å². The first kappa shape index (κ1) is 14.4. The molecular weight excluding hydrogens is 278 g/mol. The van der Waals surface area contributed by atoms with Crippen LogP contribution < -0.4 is 9.64 Å². The van der Waals surface area contributed by atoms with Crippen molar-refractivity contribution in [3.63, 3.8) is 0 Å². The second-order valence-electron chi connectivity index (χ2n) is 5.31. The zero-order valence-electron chi connectivity index (χ0n) is 12.6. The maximum atomic E-state index is 11.9. The van der Waals surface area contributed by atoms with Crippen LogP contribution in [-0.4, -0.2) is 18.9 Å². The lowest BCUT2D eigenvalue weighted by Crippen LogP contribution is -2.40. The molecule has 4 nitrogen and oxygen atoms in total. The fraction of sp³-hybridized carbons (Fsp3) is 0.278. The summed E-state index contributed by atoms with van der Waals surface area (Å²) >= 11 is 0. The summed E-state index contributed by atoms with van der Waals surface area (Å²) in [6, 6.07) is 17.2. The van der Waals surface area contributed by atoms with Crippen LogP contribution in [0.3, 0.4) is 0 Å². The molecule has 0 radical (unpaired) electrons. The number of carbonyl (C=O) groups is 1. The van der Waals surface area contributed by atoms with Crippen LogP contribution in [-0.2, 0) is 11.2 Å². The number of para-hydroxylation sites is 2. The molecule has 0 amide bonds. The summed E-state index contributed by atoms with van der Waals surface area (Å²) in [5, 5.41) is 0. The topological polar surface area (TPSA) is 38.8 Å². The van der Waals surface area contributed by atoms with Gasteiger partial charge in [-0.15, -0.1) is 0 Å². The first-order chi connectivity index (χ1) is 10.7. The van der Waals surface area contributed by atoms with Gasteiger partial charge in [0.15, 0.2) is 6.23 Å². The van der Waals surface area contributed by atoms with Crippen LogP contribution in [0, 0.1) is 0 Å². The molecule has 1 aliphatic heterocycles. The van der Waals surface area contributed by atoms with Gasteiger partial charge < -0.3 is 14.4 Å². The SMILES string of the molecule is CC(OC(=O)Oc1ccccc1)N1CCCc2ccccc21. The molecule has 0 saturated heterocycles. The van der Waals surface area contributed by atoms with Gasteiger partial charge in [0.2, 0.25) is 0 Å². The number of nitrogens with zero attached hydrogens (tertiary/aromatic N) is 1. The summed E-state index contributed by atoms with van der Waals surface area (Å²) in [4.78, 5) is 14.0. The van der Waals surface area contributed by atoms with Crippen molar-refractivity contribution >= 4 is 11.8 Å². The third-order valence-corrected chi connectivity index (χ3v) is 3.80. The minimum absolute atomic E-state index is 0.363. The average Bonchev–Trinajstić information content (AvgIpc) is 2.55. The number of anilines is 1. The van der Waals surface area contributed by atoms with E-state index in [0.29, 0.717) is 5.75 Å². The Kier molecular flexibility index (Phi) is 4.28. The Labute approximate surface area is 130 Å². The molecule has 0 spiro atoms. The molecule has 0 fully saturated rings. The lowest BCUT2D eigenvalue weighted by Gasteiger charge is -2.35. The summed E-state index contributed by atoms with van der Waals surface area (Å²) in [6.45, 7) is 2.74. The number of aryl methyl sites for hydroxylation is 1. The molecular formula is C18H19NO3. The van der Waals surface area contributed by atoms with Crippen LogP contribution in [0.1, 0.15) is 18.9 Å². The molecule has 0 saturated carbocycles. The standard InChI is InChI=1S/C18H19NO3/c1-14(21-18(20)22-16-10-3-2-4-11-16)19-13-7-9-15-8-5-6-12-17(15)19/h2-6,8,10-12,14H,7,9,13H2,1H3. The van der Waals surface area contributed by atoms with Crippen molar-refractivity contribution in [3.05, 3.63) is 60.2 Å². The Morgan fingerprint density at radius 1 is 1.09 bits per heavy atom. The van der Waals surface area contributed by atoms with E-state index < -0.39 is 6.16 Å². The second kappa shape index (κ2) is 6.52. The largest absolute Gasteiger partial charge is 0.515 e. The minimum atomic E-state index is -0.679. The molecule has 2 aromatic rings. The van der Waals surface area contributed by atoms with Gasteiger partial charge in [-0.3, -0.25) is 0 Å². The molecule has 1 unspecified atom stereocenters. The Bertz CT molecular complexity index is 642. The maximum absolute atomic E-state index is 11.9. The first-order valence-electron chi connectivity index (χ1n) is 7.52. The Morgan fingerprint density at radius 2 is 1.82 bits per heavy atom. The molecule has 114 valence electrons. The van der Waals surface area contributed by atoms with Crippen molar-refractivity contribution in [2.75, 3.05) is 11.4 Å². The van der Waals surface area contributed by atoms with Gasteiger partial charge in [-0.1, -0.05) is 36.4 Å². The quantitative estimate of drug-likeness (QED) is 0.634. The van der Waals surface area contributed by atoms with Crippen molar-refractivity contribution < 1.29 is 14.3 Å². The third-order valence-electron chi connectivity index (χ3n) is 3.80. The van der Waals surface area contributed by atoms with E-state index in [1.165, 1.54) is 5.56 Å². The van der Waals surface area contributed by atoms with Gasteiger partial charge in [0, 0.05) is 12.2 Å². The number of ether oxygens (including phenoxy) is 2. The monoisotopic (exact) mass is 297 g/mol. The van der Waals surface area contributed by atoms with Crippen LogP contribution >= 0.6 is 0 Å². The van der Waals surface area contributed by atoms with E-state index >= 15 is 0 Å². The van der Waals surface area contributed by atoms with Crippen LogP contribution in [0.2, 0.25) is 0 Å². The van der Waals surface area contributed by atoms with Crippen LogP contribution in [0.5, 0.6) is 5.75 Å². The van der Waals surface area contributed by atoms with Crippen molar-refractivity contribution in [2.45, 2.75) is 26.0 Å². The van der Waals surface area contributed by atoms with E-state index in [1.54, 1.807) is 12.1 Å². The Hall–Kier alpha value is -2.49. The number of benzene rings is 2. The van der Waals surface area contributed by atoms with Crippen molar-refractivity contribution in [2.24, 2.45) is 0 Å². The van der Waals surface area contributed by atoms with Gasteiger partial charge in [0.25, 0.3) is 0 Å². The normalized spacial score (nSPS) is 14.9. The molecule has 1 aliphatic rings. The summed E-state index contributed by atoms with van der Waals surface area (Å²) in [7, 11) is 0. The highest BCUT2D eigenvalue weighted by atomic mass is 16.7. The predicted octanol–water partition coefficient (Wildman–Crippen LogP) is 4.00. The Balaban J connectivity index is 1.65. The number of fused-ring (bicyclic) bond motifs is 1. The minimum Gasteiger partial charge on any atom is -0.410 e. The average molecular weight is 297 g/mol. The number of hydrogen-bond donors (Lipinski definition) is 0. The highest BCUT2D eigenvalue weighted by molar-refractivity contribution is 5.65. The van der Waals surface area contributed by atoms with Gasteiger partial charge in [0.1, 0.15) is 5.75 Å².